The van der Waals surface area contributed by atoms with Gasteiger partial charge in [-0.05, 0) is 79.3 Å². The Morgan fingerprint density at radius 2 is 1.68 bits per heavy atom. The first-order valence-corrected chi connectivity index (χ1v) is 13.3. The fourth-order valence-corrected chi connectivity index (χ4v) is 5.02. The second-order valence-corrected chi connectivity index (χ2v) is 10.1. The van der Waals surface area contributed by atoms with E-state index in [2.05, 4.69) is 70.3 Å². The van der Waals surface area contributed by atoms with Crippen LogP contribution in [0, 0.1) is 11.7 Å². The number of hydrogen-bond donors (Lipinski definition) is 3. The van der Waals surface area contributed by atoms with Gasteiger partial charge in [0.2, 0.25) is 5.91 Å². The van der Waals surface area contributed by atoms with E-state index in [0.717, 1.165) is 52.7 Å². The quantitative estimate of drug-likeness (QED) is 0.174. The van der Waals surface area contributed by atoms with Gasteiger partial charge in [-0.15, -0.1) is 0 Å². The number of alkyl halides is 3. The van der Waals surface area contributed by atoms with Crippen molar-refractivity contribution >= 4 is 42.2 Å². The number of rotatable bonds is 4. The van der Waals surface area contributed by atoms with E-state index in [-0.39, 0.29) is 23.4 Å². The Bertz CT molecular complexity index is 1460. The van der Waals surface area contributed by atoms with E-state index in [1.807, 2.05) is 18.4 Å². The Hall–Kier alpha value is -3.70. The number of thiol groups is 1. The first-order chi connectivity index (χ1) is 19.6. The average Bonchev–Trinajstić information content (AvgIpc) is 3.35. The molecule has 6 nitrogen and oxygen atoms in total. The lowest BCUT2D eigenvalue weighted by Gasteiger charge is -2.29. The van der Waals surface area contributed by atoms with Gasteiger partial charge < -0.3 is 14.7 Å². The number of carbonyl (C=O) groups excluding carboxylic acids is 2. The number of amides is 1. The van der Waals surface area contributed by atoms with E-state index < -0.39 is 17.6 Å². The predicted octanol–water partition coefficient (Wildman–Crippen LogP) is 7.18. The number of benzene rings is 3. The summed E-state index contributed by atoms with van der Waals surface area (Å²) in [5.74, 6) is -1.61. The molecule has 1 aliphatic rings. The fraction of sp³-hybridized carbons (Fsp3) is 0.300. The van der Waals surface area contributed by atoms with Crippen molar-refractivity contribution in [3.05, 3.63) is 83.9 Å². The molecule has 0 saturated heterocycles. The molecule has 0 aliphatic heterocycles. The molecular weight excluding hydrogens is 556 g/mol. The summed E-state index contributed by atoms with van der Waals surface area (Å²) in [6, 6.07) is 16.6. The van der Waals surface area contributed by atoms with Crippen LogP contribution in [0.25, 0.3) is 22.2 Å². The monoisotopic (exact) mass is 588 g/mol. The normalized spacial score (nSPS) is 16.7. The number of aryl methyl sites for hydroxylation is 1. The molecule has 5 rings (SSSR count). The SMILES string of the molecule is C=O.CNS.Cn1cnc2cc(-c3ccc(C4CCCC(C(=O)Nc5ccc(C(F)(F)F)cc5F)C4)cc3)ccc21. The van der Waals surface area contributed by atoms with Crippen LogP contribution in [-0.4, -0.2) is 29.3 Å². The molecule has 1 fully saturated rings. The number of imidazole rings is 1. The van der Waals surface area contributed by atoms with E-state index in [1.54, 1.807) is 13.4 Å². The van der Waals surface area contributed by atoms with E-state index in [1.165, 1.54) is 0 Å². The molecule has 41 heavy (non-hydrogen) atoms. The number of nitrogens with one attached hydrogen (secondary N) is 2. The van der Waals surface area contributed by atoms with Crippen molar-refractivity contribution in [1.82, 2.24) is 14.3 Å². The first-order valence-electron chi connectivity index (χ1n) is 12.9. The molecule has 1 heterocycles. The van der Waals surface area contributed by atoms with Gasteiger partial charge in [-0.25, -0.2) is 9.37 Å². The lowest BCUT2D eigenvalue weighted by Crippen LogP contribution is -2.28. The smallest absolute Gasteiger partial charge is 0.334 e. The number of carbonyl (C=O) groups is 2. The molecule has 1 aliphatic carbocycles. The summed E-state index contributed by atoms with van der Waals surface area (Å²) < 4.78 is 57.0. The molecule has 1 saturated carbocycles. The van der Waals surface area contributed by atoms with Crippen LogP contribution in [0.5, 0.6) is 0 Å². The number of aromatic nitrogens is 2. The highest BCUT2D eigenvalue weighted by atomic mass is 32.1. The van der Waals surface area contributed by atoms with Gasteiger partial charge in [0.05, 0.1) is 28.6 Å². The first kappa shape index (κ1) is 31.8. The van der Waals surface area contributed by atoms with Crippen LogP contribution in [0.4, 0.5) is 23.2 Å². The Labute approximate surface area is 241 Å². The van der Waals surface area contributed by atoms with Gasteiger partial charge in [0.1, 0.15) is 12.6 Å². The average molecular weight is 589 g/mol. The largest absolute Gasteiger partial charge is 0.416 e. The molecular formula is C30H32F4N4O2S. The molecule has 0 radical (unpaired) electrons. The van der Waals surface area contributed by atoms with E-state index in [0.29, 0.717) is 18.9 Å². The van der Waals surface area contributed by atoms with Gasteiger partial charge in [-0.1, -0.05) is 49.6 Å². The van der Waals surface area contributed by atoms with Crippen LogP contribution in [0.15, 0.2) is 67.0 Å². The van der Waals surface area contributed by atoms with Crippen molar-refractivity contribution in [3.63, 3.8) is 0 Å². The van der Waals surface area contributed by atoms with Gasteiger partial charge in [0, 0.05) is 13.0 Å². The highest BCUT2D eigenvalue weighted by Crippen LogP contribution is 2.38. The summed E-state index contributed by atoms with van der Waals surface area (Å²) in [7, 11) is 3.70. The Kier molecular flexibility index (Phi) is 11.1. The molecule has 4 aromatic rings. The maximum atomic E-state index is 14.2. The van der Waals surface area contributed by atoms with Crippen LogP contribution in [0.3, 0.4) is 0 Å². The van der Waals surface area contributed by atoms with Crippen molar-refractivity contribution in [2.24, 2.45) is 13.0 Å². The number of hydrogen-bond acceptors (Lipinski definition) is 5. The van der Waals surface area contributed by atoms with Crippen LogP contribution in [-0.2, 0) is 22.8 Å². The zero-order valence-corrected chi connectivity index (χ0v) is 23.6. The van der Waals surface area contributed by atoms with Gasteiger partial charge in [0.15, 0.2) is 0 Å². The fourth-order valence-electron chi connectivity index (χ4n) is 5.02. The van der Waals surface area contributed by atoms with Crippen LogP contribution >= 0.6 is 12.8 Å². The highest BCUT2D eigenvalue weighted by molar-refractivity contribution is 7.78. The van der Waals surface area contributed by atoms with Crippen LogP contribution < -0.4 is 10.0 Å². The van der Waals surface area contributed by atoms with Gasteiger partial charge in [-0.2, -0.15) is 13.2 Å². The molecule has 1 aromatic heterocycles. The summed E-state index contributed by atoms with van der Waals surface area (Å²) in [6.07, 6.45) is 0.202. The lowest BCUT2D eigenvalue weighted by atomic mass is 9.77. The molecule has 2 unspecified atom stereocenters. The third-order valence-corrected chi connectivity index (χ3v) is 7.04. The van der Waals surface area contributed by atoms with E-state index in [9.17, 15) is 22.4 Å². The van der Waals surface area contributed by atoms with Crippen molar-refractivity contribution < 1.29 is 27.2 Å². The molecule has 1 amide bonds. The van der Waals surface area contributed by atoms with Crippen LogP contribution in [0.1, 0.15) is 42.7 Å². The van der Waals surface area contributed by atoms with Crippen molar-refractivity contribution in [2.45, 2.75) is 37.8 Å². The number of halogens is 4. The Balaban J connectivity index is 0.000000868. The third-order valence-electron chi connectivity index (χ3n) is 7.04. The lowest BCUT2D eigenvalue weighted by molar-refractivity contribution is -0.137. The topological polar surface area (TPSA) is 76.0 Å². The Morgan fingerprint density at radius 3 is 2.32 bits per heavy atom. The van der Waals surface area contributed by atoms with Gasteiger partial charge in [-0.3, -0.25) is 9.52 Å². The second kappa shape index (κ2) is 14.3. The third kappa shape index (κ3) is 7.95. The minimum absolute atomic E-state index is 0.180. The predicted molar refractivity (Wildman–Crippen MR) is 156 cm³/mol. The summed E-state index contributed by atoms with van der Waals surface area (Å²) in [5, 5.41) is 2.49. The zero-order valence-electron chi connectivity index (χ0n) is 22.7. The molecule has 0 bridgehead atoms. The van der Waals surface area contributed by atoms with Crippen molar-refractivity contribution in [3.8, 4) is 11.1 Å². The summed E-state index contributed by atoms with van der Waals surface area (Å²) in [4.78, 5) is 25.2. The minimum Gasteiger partial charge on any atom is -0.334 e. The standard InChI is InChI=1S/C28H25F4N3O.CH5NS.CH2O/c1-35-16-33-25-14-20(9-12-26(25)35)18-7-5-17(6-8-18)19-3-2-4-21(13-19)27(36)34-24-11-10-22(15-23(24)29)28(30,31)32;1-2-3;1-2/h5-12,14-16,19,21H,2-4,13H2,1H3,(H,34,36);2-3H,1H3;1H2. The zero-order chi connectivity index (χ0) is 30.2. The minimum atomic E-state index is -4.64. The van der Waals surface area contributed by atoms with E-state index >= 15 is 0 Å². The summed E-state index contributed by atoms with van der Waals surface area (Å²) in [6.45, 7) is 2.00. The number of fused-ring (bicyclic) bond motifs is 1. The van der Waals surface area contributed by atoms with Crippen molar-refractivity contribution in [1.29, 1.82) is 0 Å². The molecule has 11 heteroatoms. The molecule has 2 N–H and O–H groups in total. The van der Waals surface area contributed by atoms with Gasteiger partial charge in [0.25, 0.3) is 0 Å². The molecule has 218 valence electrons. The van der Waals surface area contributed by atoms with Gasteiger partial charge >= 0.3 is 6.18 Å². The molecule has 2 atom stereocenters. The highest BCUT2D eigenvalue weighted by Gasteiger charge is 2.32. The summed E-state index contributed by atoms with van der Waals surface area (Å²) >= 11 is 3.54. The maximum Gasteiger partial charge on any atom is 0.416 e. The van der Waals surface area contributed by atoms with Crippen molar-refractivity contribution in [2.75, 3.05) is 12.4 Å². The molecule has 0 spiro atoms. The van der Waals surface area contributed by atoms with E-state index in [4.69, 9.17) is 4.79 Å². The number of nitrogens with zero attached hydrogens (tertiary/aromatic N) is 2. The van der Waals surface area contributed by atoms with Crippen LogP contribution in [0.2, 0.25) is 0 Å². The second-order valence-electron chi connectivity index (χ2n) is 9.65. The number of anilines is 1. The Morgan fingerprint density at radius 1 is 1.02 bits per heavy atom. The molecule has 3 aromatic carbocycles. The maximum absolute atomic E-state index is 14.2. The summed E-state index contributed by atoms with van der Waals surface area (Å²) in [5.41, 5.74) is 3.98.